The lowest BCUT2D eigenvalue weighted by molar-refractivity contribution is 0.174. The van der Waals surface area contributed by atoms with Gasteiger partial charge in [0.15, 0.2) is 11.5 Å². The molecule has 0 amide bonds. The van der Waals surface area contributed by atoms with Crippen LogP contribution in [0.5, 0.6) is 11.5 Å². The van der Waals surface area contributed by atoms with Gasteiger partial charge in [-0.25, -0.2) is 0 Å². The molecule has 0 radical (unpaired) electrons. The van der Waals surface area contributed by atoms with Gasteiger partial charge in [-0.05, 0) is 35.2 Å². The quantitative estimate of drug-likeness (QED) is 0.745. The molecule has 0 fully saturated rings. The Hall–Kier alpha value is -3.24. The van der Waals surface area contributed by atoms with Crippen LogP contribution in [0.2, 0.25) is 0 Å². The second kappa shape index (κ2) is 6.71. The molecule has 1 aromatic carbocycles. The molecule has 0 aliphatic carbocycles. The van der Waals surface area contributed by atoms with Crippen LogP contribution in [0.4, 0.5) is 5.88 Å². The van der Waals surface area contributed by atoms with Gasteiger partial charge in [0, 0.05) is 17.5 Å². The van der Waals surface area contributed by atoms with E-state index in [1.54, 1.807) is 17.4 Å². The van der Waals surface area contributed by atoms with Gasteiger partial charge in [0.25, 0.3) is 0 Å². The Labute approximate surface area is 147 Å². The molecule has 124 valence electrons. The Balaban J connectivity index is 1.47. The maximum Gasteiger partial charge on any atom is 0.232 e. The number of oxazole rings is 1. The third kappa shape index (κ3) is 3.34. The van der Waals surface area contributed by atoms with E-state index in [-0.39, 0.29) is 12.5 Å². The molecular weight excluding hydrogens is 338 g/mol. The number of hydrogen-bond donors (Lipinski definition) is 1. The van der Waals surface area contributed by atoms with Crippen molar-refractivity contribution < 1.29 is 13.9 Å². The van der Waals surface area contributed by atoms with E-state index in [4.69, 9.17) is 13.9 Å². The van der Waals surface area contributed by atoms with Crippen LogP contribution in [0.15, 0.2) is 40.1 Å². The number of aromatic nitrogens is 1. The SMILES string of the molecule is N#Cc1nc(C=Cc2cccs2)oc1NCc1ccc2c(c1)OCO2. The van der Waals surface area contributed by atoms with Crippen LogP contribution in [-0.4, -0.2) is 11.8 Å². The van der Waals surface area contributed by atoms with Gasteiger partial charge in [-0.2, -0.15) is 10.2 Å². The van der Waals surface area contributed by atoms with Gasteiger partial charge in [0.1, 0.15) is 6.07 Å². The van der Waals surface area contributed by atoms with E-state index in [0.29, 0.717) is 18.3 Å². The minimum Gasteiger partial charge on any atom is -0.454 e. The molecule has 4 rings (SSSR count). The number of thiophene rings is 1. The second-order valence-corrected chi connectivity index (χ2v) is 6.21. The summed E-state index contributed by atoms with van der Waals surface area (Å²) in [6.45, 7) is 0.724. The number of fused-ring (bicyclic) bond motifs is 1. The molecule has 6 nitrogen and oxygen atoms in total. The van der Waals surface area contributed by atoms with Crippen molar-refractivity contribution in [1.29, 1.82) is 5.26 Å². The van der Waals surface area contributed by atoms with Crippen LogP contribution in [0.1, 0.15) is 22.0 Å². The standard InChI is InChI=1S/C18H13N3O3S/c19-9-14-18(24-17(21-14)6-4-13-2-1-7-25-13)20-10-12-3-5-15-16(8-12)23-11-22-15/h1-8,20H,10-11H2. The van der Waals surface area contributed by atoms with Crippen LogP contribution in [-0.2, 0) is 6.54 Å². The molecule has 7 heteroatoms. The lowest BCUT2D eigenvalue weighted by Crippen LogP contribution is -1.99. The molecule has 0 bridgehead atoms. The smallest absolute Gasteiger partial charge is 0.232 e. The van der Waals surface area contributed by atoms with Crippen molar-refractivity contribution in [2.24, 2.45) is 0 Å². The van der Waals surface area contributed by atoms with Gasteiger partial charge < -0.3 is 19.2 Å². The normalized spacial score (nSPS) is 12.4. The van der Waals surface area contributed by atoms with E-state index < -0.39 is 0 Å². The topological polar surface area (TPSA) is 80.3 Å². The third-order valence-corrected chi connectivity index (χ3v) is 4.41. The summed E-state index contributed by atoms with van der Waals surface area (Å²) >= 11 is 1.62. The number of hydrogen-bond acceptors (Lipinski definition) is 7. The minimum absolute atomic E-state index is 0.228. The summed E-state index contributed by atoms with van der Waals surface area (Å²) in [6.07, 6.45) is 3.65. The van der Waals surface area contributed by atoms with Crippen LogP contribution >= 0.6 is 11.3 Å². The summed E-state index contributed by atoms with van der Waals surface area (Å²) < 4.78 is 16.3. The first kappa shape index (κ1) is 15.3. The van der Waals surface area contributed by atoms with E-state index in [1.165, 1.54) is 0 Å². The highest BCUT2D eigenvalue weighted by molar-refractivity contribution is 7.10. The molecule has 1 aliphatic rings. The molecule has 1 aliphatic heterocycles. The Bertz CT molecular complexity index is 955. The third-order valence-electron chi connectivity index (χ3n) is 3.57. The number of nitriles is 1. The molecular formula is C18H13N3O3S. The number of rotatable bonds is 5. The van der Waals surface area contributed by atoms with Crippen LogP contribution in [0.3, 0.4) is 0 Å². The highest BCUT2D eigenvalue weighted by Gasteiger charge is 2.15. The lowest BCUT2D eigenvalue weighted by Gasteiger charge is -2.04. The molecule has 0 saturated carbocycles. The molecule has 25 heavy (non-hydrogen) atoms. The molecule has 2 aromatic heterocycles. The maximum atomic E-state index is 9.24. The lowest BCUT2D eigenvalue weighted by atomic mass is 10.2. The minimum atomic E-state index is 0.228. The van der Waals surface area contributed by atoms with E-state index in [1.807, 2.05) is 47.9 Å². The fraction of sp³-hybridized carbons (Fsp3) is 0.111. The molecule has 0 unspecified atom stereocenters. The van der Waals surface area contributed by atoms with E-state index in [9.17, 15) is 5.26 Å². The van der Waals surface area contributed by atoms with Gasteiger partial charge in [0.05, 0.1) is 0 Å². The molecule has 1 N–H and O–H groups in total. The highest BCUT2D eigenvalue weighted by Crippen LogP contribution is 2.32. The van der Waals surface area contributed by atoms with Crippen LogP contribution < -0.4 is 14.8 Å². The monoisotopic (exact) mass is 351 g/mol. The first-order valence-corrected chi connectivity index (χ1v) is 8.45. The summed E-state index contributed by atoms with van der Waals surface area (Å²) in [4.78, 5) is 5.27. The van der Waals surface area contributed by atoms with Gasteiger partial charge in [-0.15, -0.1) is 11.3 Å². The van der Waals surface area contributed by atoms with Gasteiger partial charge in [-0.3, -0.25) is 0 Å². The Morgan fingerprint density at radius 2 is 2.16 bits per heavy atom. The summed E-state index contributed by atoms with van der Waals surface area (Å²) in [7, 11) is 0. The summed E-state index contributed by atoms with van der Waals surface area (Å²) in [5, 5.41) is 14.3. The number of anilines is 1. The average molecular weight is 351 g/mol. The van der Waals surface area contributed by atoms with Crippen molar-refractivity contribution in [2.45, 2.75) is 6.54 Å². The first-order chi connectivity index (χ1) is 12.3. The van der Waals surface area contributed by atoms with Gasteiger partial charge in [0.2, 0.25) is 24.3 Å². The van der Waals surface area contributed by atoms with Crippen molar-refractivity contribution in [1.82, 2.24) is 4.98 Å². The van der Waals surface area contributed by atoms with Crippen LogP contribution in [0, 0.1) is 11.3 Å². The van der Waals surface area contributed by atoms with E-state index in [2.05, 4.69) is 10.3 Å². The van der Waals surface area contributed by atoms with Crippen molar-refractivity contribution in [2.75, 3.05) is 12.1 Å². The number of nitrogens with zero attached hydrogens (tertiary/aromatic N) is 2. The summed E-state index contributed by atoms with van der Waals surface area (Å²) in [5.74, 6) is 2.20. The predicted octanol–water partition coefficient (Wildman–Crippen LogP) is 4.12. The zero-order chi connectivity index (χ0) is 17.1. The van der Waals surface area contributed by atoms with Gasteiger partial charge >= 0.3 is 0 Å². The Morgan fingerprint density at radius 1 is 1.24 bits per heavy atom. The summed E-state index contributed by atoms with van der Waals surface area (Å²) in [5.41, 5.74) is 1.21. The fourth-order valence-corrected chi connectivity index (χ4v) is 2.99. The first-order valence-electron chi connectivity index (χ1n) is 7.57. The molecule has 3 heterocycles. The van der Waals surface area contributed by atoms with Crippen LogP contribution in [0.25, 0.3) is 12.2 Å². The molecule has 0 atom stereocenters. The van der Waals surface area contributed by atoms with Crippen molar-refractivity contribution in [3.8, 4) is 17.6 Å². The molecule has 0 saturated heterocycles. The highest BCUT2D eigenvalue weighted by atomic mass is 32.1. The van der Waals surface area contributed by atoms with E-state index in [0.717, 1.165) is 21.9 Å². The number of ether oxygens (including phenoxy) is 2. The Kier molecular flexibility index (Phi) is 4.11. The van der Waals surface area contributed by atoms with E-state index >= 15 is 0 Å². The Morgan fingerprint density at radius 3 is 3.00 bits per heavy atom. The molecule has 0 spiro atoms. The van der Waals surface area contributed by atoms with Crippen molar-refractivity contribution in [3.63, 3.8) is 0 Å². The van der Waals surface area contributed by atoms with Gasteiger partial charge in [-0.1, -0.05) is 12.1 Å². The maximum absolute atomic E-state index is 9.24. The predicted molar refractivity (Wildman–Crippen MR) is 94.4 cm³/mol. The fourth-order valence-electron chi connectivity index (χ4n) is 2.38. The number of nitrogens with one attached hydrogen (secondary N) is 1. The zero-order valence-electron chi connectivity index (χ0n) is 13.1. The summed E-state index contributed by atoms with van der Waals surface area (Å²) in [6, 6.07) is 11.7. The number of benzene rings is 1. The average Bonchev–Trinajstić information content (AvgIpc) is 3.37. The second-order valence-electron chi connectivity index (χ2n) is 5.23. The van der Waals surface area contributed by atoms with Crippen molar-refractivity contribution in [3.05, 3.63) is 57.7 Å². The molecule has 3 aromatic rings. The van der Waals surface area contributed by atoms with Crippen molar-refractivity contribution >= 4 is 29.4 Å². The zero-order valence-corrected chi connectivity index (χ0v) is 13.9. The largest absolute Gasteiger partial charge is 0.454 e.